The van der Waals surface area contributed by atoms with Gasteiger partial charge in [-0.1, -0.05) is 43.2 Å². The van der Waals surface area contributed by atoms with Gasteiger partial charge < -0.3 is 15.5 Å². The van der Waals surface area contributed by atoms with E-state index < -0.39 is 0 Å². The van der Waals surface area contributed by atoms with E-state index >= 15 is 0 Å². The number of nitrogens with one attached hydrogen (secondary N) is 2. The number of aliphatic imine (C=N–C) groups is 1. The van der Waals surface area contributed by atoms with Crippen molar-refractivity contribution in [2.45, 2.75) is 70.1 Å². The van der Waals surface area contributed by atoms with Gasteiger partial charge in [0, 0.05) is 51.4 Å². The first-order valence-corrected chi connectivity index (χ1v) is 11.1. The first-order valence-electron chi connectivity index (χ1n) is 11.1. The number of guanidine groups is 1. The summed E-state index contributed by atoms with van der Waals surface area (Å²) in [5.74, 6) is 0.944. The predicted molar refractivity (Wildman–Crippen MR) is 134 cm³/mol. The first-order chi connectivity index (χ1) is 13.7. The molecule has 1 aromatic carbocycles. The van der Waals surface area contributed by atoms with E-state index in [1.807, 2.05) is 7.05 Å². The molecule has 1 unspecified atom stereocenters. The second-order valence-corrected chi connectivity index (χ2v) is 8.60. The molecule has 5 nitrogen and oxygen atoms in total. The van der Waals surface area contributed by atoms with Gasteiger partial charge in [-0.05, 0) is 45.2 Å². The number of likely N-dealkylation sites (tertiary alicyclic amines) is 1. The van der Waals surface area contributed by atoms with Crippen LogP contribution in [0.3, 0.4) is 0 Å². The van der Waals surface area contributed by atoms with Crippen molar-refractivity contribution in [2.75, 3.05) is 33.7 Å². The number of hydrogen-bond acceptors (Lipinski definition) is 3. The van der Waals surface area contributed by atoms with Crippen LogP contribution in [-0.2, 0) is 6.54 Å². The van der Waals surface area contributed by atoms with Crippen molar-refractivity contribution in [3.05, 3.63) is 35.9 Å². The average molecular weight is 514 g/mol. The summed E-state index contributed by atoms with van der Waals surface area (Å²) in [7, 11) is 4.07. The molecule has 6 heteroatoms. The average Bonchev–Trinajstić information content (AvgIpc) is 3.27. The highest BCUT2D eigenvalue weighted by Crippen LogP contribution is 2.26. The van der Waals surface area contributed by atoms with Crippen LogP contribution in [0.25, 0.3) is 0 Å². The molecule has 1 saturated carbocycles. The summed E-state index contributed by atoms with van der Waals surface area (Å²) >= 11 is 0. The molecular formula is C23H40IN5. The van der Waals surface area contributed by atoms with Gasteiger partial charge in [0.05, 0.1) is 0 Å². The van der Waals surface area contributed by atoms with Crippen LogP contribution < -0.4 is 10.6 Å². The molecule has 0 spiro atoms. The maximum Gasteiger partial charge on any atom is 0.191 e. The quantitative estimate of drug-likeness (QED) is 0.332. The maximum atomic E-state index is 4.46. The Kier molecular flexibility index (Phi) is 10.7. The van der Waals surface area contributed by atoms with Gasteiger partial charge in [-0.2, -0.15) is 0 Å². The van der Waals surface area contributed by atoms with Crippen LogP contribution in [0.1, 0.15) is 51.0 Å². The number of halogens is 1. The minimum atomic E-state index is 0. The Morgan fingerprint density at radius 2 is 1.79 bits per heavy atom. The van der Waals surface area contributed by atoms with Gasteiger partial charge in [0.15, 0.2) is 5.96 Å². The van der Waals surface area contributed by atoms with Gasteiger partial charge >= 0.3 is 0 Å². The summed E-state index contributed by atoms with van der Waals surface area (Å²) in [6, 6.07) is 12.5. The summed E-state index contributed by atoms with van der Waals surface area (Å²) in [5, 5.41) is 7.19. The molecule has 164 valence electrons. The summed E-state index contributed by atoms with van der Waals surface area (Å²) in [6.45, 7) is 6.59. The van der Waals surface area contributed by atoms with Crippen molar-refractivity contribution >= 4 is 29.9 Å². The summed E-state index contributed by atoms with van der Waals surface area (Å²) in [5.41, 5.74) is 1.35. The van der Waals surface area contributed by atoms with Crippen molar-refractivity contribution in [1.82, 2.24) is 20.4 Å². The van der Waals surface area contributed by atoms with Crippen LogP contribution in [0, 0.1) is 0 Å². The van der Waals surface area contributed by atoms with Crippen LogP contribution in [0.4, 0.5) is 0 Å². The third kappa shape index (κ3) is 7.72. The van der Waals surface area contributed by atoms with E-state index in [2.05, 4.69) is 69.7 Å². The molecule has 1 atom stereocenters. The molecule has 0 amide bonds. The van der Waals surface area contributed by atoms with Crippen molar-refractivity contribution in [3.63, 3.8) is 0 Å². The third-order valence-electron chi connectivity index (χ3n) is 6.53. The molecule has 1 heterocycles. The molecular weight excluding hydrogens is 473 g/mol. The Bertz CT molecular complexity index is 595. The van der Waals surface area contributed by atoms with Gasteiger partial charge in [-0.15, -0.1) is 24.0 Å². The molecule has 1 aromatic rings. The van der Waals surface area contributed by atoms with E-state index in [0.717, 1.165) is 25.1 Å². The number of hydrogen-bond donors (Lipinski definition) is 2. The van der Waals surface area contributed by atoms with E-state index in [0.29, 0.717) is 12.1 Å². The highest BCUT2D eigenvalue weighted by Gasteiger charge is 2.27. The Balaban J connectivity index is 0.00000300. The lowest BCUT2D eigenvalue weighted by molar-refractivity contribution is 0.150. The van der Waals surface area contributed by atoms with Crippen LogP contribution in [0.5, 0.6) is 0 Å². The predicted octanol–water partition coefficient (Wildman–Crippen LogP) is 3.70. The molecule has 29 heavy (non-hydrogen) atoms. The second-order valence-electron chi connectivity index (χ2n) is 8.60. The highest BCUT2D eigenvalue weighted by atomic mass is 127. The van der Waals surface area contributed by atoms with Crippen molar-refractivity contribution in [1.29, 1.82) is 0 Å². The van der Waals surface area contributed by atoms with Crippen molar-refractivity contribution < 1.29 is 0 Å². The lowest BCUT2D eigenvalue weighted by Crippen LogP contribution is -2.51. The van der Waals surface area contributed by atoms with E-state index in [1.165, 1.54) is 57.2 Å². The van der Waals surface area contributed by atoms with E-state index in [4.69, 9.17) is 0 Å². The van der Waals surface area contributed by atoms with E-state index in [-0.39, 0.29) is 24.0 Å². The van der Waals surface area contributed by atoms with Crippen LogP contribution in [-0.4, -0.2) is 67.6 Å². The molecule has 1 aliphatic heterocycles. The molecule has 0 bridgehead atoms. The van der Waals surface area contributed by atoms with Gasteiger partial charge in [0.2, 0.25) is 0 Å². The largest absolute Gasteiger partial charge is 0.355 e. The number of benzene rings is 1. The Labute approximate surface area is 194 Å². The number of rotatable bonds is 7. The summed E-state index contributed by atoms with van der Waals surface area (Å²) in [4.78, 5) is 9.57. The molecule has 1 saturated heterocycles. The molecule has 0 aromatic heterocycles. The Hall–Kier alpha value is -0.860. The molecule has 0 radical (unpaired) electrons. The minimum Gasteiger partial charge on any atom is -0.355 e. The zero-order valence-electron chi connectivity index (χ0n) is 18.4. The van der Waals surface area contributed by atoms with E-state index in [9.17, 15) is 0 Å². The van der Waals surface area contributed by atoms with Gasteiger partial charge in [0.1, 0.15) is 0 Å². The summed E-state index contributed by atoms with van der Waals surface area (Å²) < 4.78 is 0. The molecule has 2 fully saturated rings. The number of likely N-dealkylation sites (N-methyl/N-ethyl adjacent to an activating group) is 1. The lowest BCUT2D eigenvalue weighted by atomic mass is 10.0. The summed E-state index contributed by atoms with van der Waals surface area (Å²) in [6.07, 6.45) is 8.12. The second kappa shape index (κ2) is 12.7. The lowest BCUT2D eigenvalue weighted by Gasteiger charge is -2.36. The van der Waals surface area contributed by atoms with Crippen LogP contribution in [0.2, 0.25) is 0 Å². The van der Waals surface area contributed by atoms with Gasteiger partial charge in [0.25, 0.3) is 0 Å². The van der Waals surface area contributed by atoms with Crippen LogP contribution >= 0.6 is 24.0 Å². The molecule has 1 aliphatic carbocycles. The van der Waals surface area contributed by atoms with Gasteiger partial charge in [-0.3, -0.25) is 9.89 Å². The zero-order valence-corrected chi connectivity index (χ0v) is 20.8. The van der Waals surface area contributed by atoms with Gasteiger partial charge in [-0.25, -0.2) is 0 Å². The Morgan fingerprint density at radius 3 is 2.41 bits per heavy atom. The minimum absolute atomic E-state index is 0. The highest BCUT2D eigenvalue weighted by molar-refractivity contribution is 14.0. The maximum absolute atomic E-state index is 4.46. The standard InChI is InChI=1S/C23H39N5.HI/c1-19(27(3)18-20-9-5-4-6-10-20)17-25-23(24-2)26-21-13-15-28(16-14-21)22-11-7-8-12-22;/h4-6,9-10,19,21-22H,7-8,11-18H2,1-3H3,(H2,24,25,26);1H. The fourth-order valence-electron chi connectivity index (χ4n) is 4.49. The zero-order chi connectivity index (χ0) is 19.8. The fraction of sp³-hybridized carbons (Fsp3) is 0.696. The van der Waals surface area contributed by atoms with Crippen LogP contribution in [0.15, 0.2) is 35.3 Å². The Morgan fingerprint density at radius 1 is 1.14 bits per heavy atom. The molecule has 2 aliphatic rings. The van der Waals surface area contributed by atoms with E-state index in [1.54, 1.807) is 0 Å². The fourth-order valence-corrected chi connectivity index (χ4v) is 4.49. The number of piperidine rings is 1. The SMILES string of the molecule is CN=C(NCC(C)N(C)Cc1ccccc1)NC1CCN(C2CCCC2)CC1.I. The smallest absolute Gasteiger partial charge is 0.191 e. The normalized spacial score (nSPS) is 20.5. The topological polar surface area (TPSA) is 42.9 Å². The molecule has 3 rings (SSSR count). The first kappa shape index (κ1) is 24.4. The number of nitrogens with zero attached hydrogens (tertiary/aromatic N) is 3. The third-order valence-corrected chi connectivity index (χ3v) is 6.53. The molecule has 2 N–H and O–H groups in total. The van der Waals surface area contributed by atoms with Crippen molar-refractivity contribution in [3.8, 4) is 0 Å². The monoisotopic (exact) mass is 513 g/mol. The van der Waals surface area contributed by atoms with Crippen molar-refractivity contribution in [2.24, 2.45) is 4.99 Å².